The van der Waals surface area contributed by atoms with Gasteiger partial charge in [-0.25, -0.2) is 0 Å². The van der Waals surface area contributed by atoms with Crippen LogP contribution in [-0.4, -0.2) is 4.98 Å². The van der Waals surface area contributed by atoms with Crippen molar-refractivity contribution in [3.8, 4) is 22.4 Å². The maximum Gasteiger partial charge on any atom is 0.144 e. The molecule has 0 N–H and O–H groups in total. The zero-order valence-corrected chi connectivity index (χ0v) is 14.4. The topological polar surface area (TPSA) is 26.0 Å². The third-order valence-electron chi connectivity index (χ3n) is 4.78. The molecule has 0 saturated heterocycles. The Morgan fingerprint density at radius 3 is 2.52 bits per heavy atom. The number of para-hydroxylation sites is 1. The zero-order valence-electron chi connectivity index (χ0n) is 20.4. The first-order valence-corrected chi connectivity index (χ1v) is 8.65. The van der Waals surface area contributed by atoms with Gasteiger partial charge in [0, 0.05) is 30.8 Å². The van der Waals surface area contributed by atoms with Crippen LogP contribution in [0.4, 0.5) is 0 Å². The van der Waals surface area contributed by atoms with Crippen LogP contribution in [0.5, 0.6) is 0 Å². The summed E-state index contributed by atoms with van der Waals surface area (Å²) in [5.41, 5.74) is 3.88. The van der Waals surface area contributed by atoms with Crippen LogP contribution in [0.3, 0.4) is 0 Å². The van der Waals surface area contributed by atoms with E-state index in [0.29, 0.717) is 22.4 Å². The molecule has 3 aromatic carbocycles. The first-order chi connectivity index (χ1) is 15.6. The van der Waals surface area contributed by atoms with Crippen LogP contribution in [0.25, 0.3) is 44.3 Å². The normalized spacial score (nSPS) is 15.6. The molecule has 0 fully saturated rings. The molecule has 0 saturated carbocycles. The smallest absolute Gasteiger partial charge is 0.144 e. The molecule has 0 atom stereocenters. The number of rotatable bonds is 2. The number of aryl methyl sites for hydroxylation is 2. The molecule has 130 valence electrons. The van der Waals surface area contributed by atoms with Crippen molar-refractivity contribution in [2.45, 2.75) is 13.7 Å². The van der Waals surface area contributed by atoms with Crippen LogP contribution in [0.15, 0.2) is 83.4 Å². The molecule has 0 spiro atoms. The highest BCUT2D eigenvalue weighted by Gasteiger charge is 2.14. The Bertz CT molecular complexity index is 1480. The molecule has 0 aliphatic carbocycles. The summed E-state index contributed by atoms with van der Waals surface area (Å²) in [6.45, 7) is -5.16. The van der Waals surface area contributed by atoms with E-state index >= 15 is 0 Å². The Morgan fingerprint density at radius 1 is 0.778 bits per heavy atom. The minimum Gasteiger partial charge on any atom is -0.455 e. The highest BCUT2D eigenvalue weighted by atomic mass is 16.3. The highest BCUT2D eigenvalue weighted by molar-refractivity contribution is 6.10. The average Bonchev–Trinajstić information content (AvgIpc) is 3.16. The Labute approximate surface area is 166 Å². The predicted octanol–water partition coefficient (Wildman–Crippen LogP) is 6.93. The van der Waals surface area contributed by atoms with Gasteiger partial charge < -0.3 is 4.42 Å². The Balaban J connectivity index is 1.71. The molecule has 0 amide bonds. The van der Waals surface area contributed by atoms with Gasteiger partial charge in [0.15, 0.2) is 0 Å². The van der Waals surface area contributed by atoms with Crippen molar-refractivity contribution >= 4 is 21.9 Å². The van der Waals surface area contributed by atoms with Crippen molar-refractivity contribution < 1.29 is 12.6 Å². The van der Waals surface area contributed by atoms with Gasteiger partial charge in [0.1, 0.15) is 11.2 Å². The lowest BCUT2D eigenvalue weighted by molar-refractivity contribution is 0.670. The van der Waals surface area contributed by atoms with Crippen molar-refractivity contribution in [2.24, 2.45) is 0 Å². The van der Waals surface area contributed by atoms with E-state index in [9.17, 15) is 0 Å². The van der Waals surface area contributed by atoms with Crippen molar-refractivity contribution in [3.05, 3.63) is 90.1 Å². The summed E-state index contributed by atoms with van der Waals surface area (Å²) in [6.07, 6.45) is 1.14. The molecule has 0 radical (unpaired) electrons. The van der Waals surface area contributed by atoms with Gasteiger partial charge in [-0.05, 0) is 60.2 Å². The van der Waals surface area contributed by atoms with Crippen LogP contribution in [0.1, 0.15) is 19.4 Å². The Kier molecular flexibility index (Phi) is 2.41. The van der Waals surface area contributed by atoms with Crippen molar-refractivity contribution in [2.75, 3.05) is 0 Å². The molecule has 2 nitrogen and oxygen atoms in total. The quantitative estimate of drug-likeness (QED) is 0.343. The maximum absolute atomic E-state index is 7.84. The molecule has 2 heterocycles. The lowest BCUT2D eigenvalue weighted by atomic mass is 10.0. The van der Waals surface area contributed by atoms with Gasteiger partial charge >= 0.3 is 0 Å². The summed E-state index contributed by atoms with van der Waals surface area (Å²) in [5, 5.41) is 1.81. The molecule has 0 unspecified atom stereocenters. The summed E-state index contributed by atoms with van der Waals surface area (Å²) >= 11 is 0. The molecule has 0 aliphatic rings. The lowest BCUT2D eigenvalue weighted by Crippen LogP contribution is -1.88. The fourth-order valence-corrected chi connectivity index (χ4v) is 3.41. The molecule has 27 heavy (non-hydrogen) atoms. The number of fused-ring (bicyclic) bond motifs is 3. The van der Waals surface area contributed by atoms with Crippen LogP contribution in [-0.2, 0) is 0 Å². The minimum atomic E-state index is -2.59. The third kappa shape index (κ3) is 2.61. The van der Waals surface area contributed by atoms with E-state index in [1.807, 2.05) is 54.6 Å². The lowest BCUT2D eigenvalue weighted by Gasteiger charge is -2.05. The standard InChI is InChI=1S/C25H19NO/c1-16-13-23(26-15-17(16)2)21-10-6-9-20-22-14-19(18-7-4-3-5-8-18)11-12-24(22)27-25(20)21/h3-15H,1-2H3/i1D3,2D3. The number of pyridine rings is 1. The maximum atomic E-state index is 7.84. The number of hydrogen-bond acceptors (Lipinski definition) is 2. The second kappa shape index (κ2) is 6.10. The average molecular weight is 355 g/mol. The molecular weight excluding hydrogens is 330 g/mol. The number of nitrogens with zero attached hydrogens (tertiary/aromatic N) is 1. The van der Waals surface area contributed by atoms with Gasteiger partial charge in [0.2, 0.25) is 0 Å². The predicted molar refractivity (Wildman–Crippen MR) is 112 cm³/mol. The fraction of sp³-hybridized carbons (Fsp3) is 0.0800. The number of furan rings is 1. The van der Waals surface area contributed by atoms with E-state index < -0.39 is 13.7 Å². The van der Waals surface area contributed by atoms with Gasteiger partial charge in [-0.1, -0.05) is 48.5 Å². The van der Waals surface area contributed by atoms with E-state index in [0.717, 1.165) is 28.1 Å². The van der Waals surface area contributed by atoms with Crippen LogP contribution < -0.4 is 0 Å². The monoisotopic (exact) mass is 355 g/mol. The van der Waals surface area contributed by atoms with Crippen LogP contribution in [0, 0.1) is 13.7 Å². The van der Waals surface area contributed by atoms with Gasteiger partial charge in [-0.3, -0.25) is 4.98 Å². The summed E-state index contributed by atoms with van der Waals surface area (Å²) in [6, 6.07) is 23.0. The number of aromatic nitrogens is 1. The molecule has 0 bridgehead atoms. The Morgan fingerprint density at radius 2 is 1.67 bits per heavy atom. The summed E-state index contributed by atoms with van der Waals surface area (Å²) in [5.74, 6) is 0. The number of benzene rings is 3. The van der Waals surface area contributed by atoms with E-state index in [2.05, 4.69) is 11.1 Å². The molecule has 2 aromatic heterocycles. The zero-order chi connectivity index (χ0) is 23.4. The van der Waals surface area contributed by atoms with Crippen LogP contribution in [0.2, 0.25) is 0 Å². The Hall–Kier alpha value is -3.39. The second-order valence-electron chi connectivity index (χ2n) is 6.48. The van der Waals surface area contributed by atoms with Crippen molar-refractivity contribution in [1.29, 1.82) is 0 Å². The van der Waals surface area contributed by atoms with E-state index in [-0.39, 0.29) is 11.1 Å². The highest BCUT2D eigenvalue weighted by Crippen LogP contribution is 2.37. The van der Waals surface area contributed by atoms with E-state index in [4.69, 9.17) is 12.6 Å². The summed E-state index contributed by atoms with van der Waals surface area (Å²) in [4.78, 5) is 4.31. The van der Waals surface area contributed by atoms with Gasteiger partial charge in [0.25, 0.3) is 0 Å². The first kappa shape index (κ1) is 10.7. The first-order valence-electron chi connectivity index (χ1n) is 11.6. The van der Waals surface area contributed by atoms with E-state index in [1.54, 1.807) is 6.07 Å². The third-order valence-corrected chi connectivity index (χ3v) is 4.78. The fourth-order valence-electron chi connectivity index (χ4n) is 3.41. The minimum absolute atomic E-state index is 0.230. The van der Waals surface area contributed by atoms with Crippen molar-refractivity contribution in [3.63, 3.8) is 0 Å². The van der Waals surface area contributed by atoms with Crippen LogP contribution >= 0.6 is 0 Å². The summed E-state index contributed by atoms with van der Waals surface area (Å²) < 4.78 is 52.8. The molecule has 5 aromatic rings. The van der Waals surface area contributed by atoms with Gasteiger partial charge in [-0.15, -0.1) is 0 Å². The van der Waals surface area contributed by atoms with Gasteiger partial charge in [0.05, 0.1) is 5.69 Å². The molecule has 0 aliphatic heterocycles. The van der Waals surface area contributed by atoms with Gasteiger partial charge in [-0.2, -0.15) is 0 Å². The summed E-state index contributed by atoms with van der Waals surface area (Å²) in [7, 11) is 0. The largest absolute Gasteiger partial charge is 0.455 e. The molecule has 2 heteroatoms. The van der Waals surface area contributed by atoms with Crippen molar-refractivity contribution in [1.82, 2.24) is 4.98 Å². The second-order valence-corrected chi connectivity index (χ2v) is 6.48. The molecular formula is C25H19NO. The van der Waals surface area contributed by atoms with E-state index in [1.165, 1.54) is 6.07 Å². The SMILES string of the molecule is [2H]C([2H])([2H])c1cnc(-c2cccc3c2oc2ccc(-c4ccccc4)cc23)cc1C([2H])([2H])[2H]. The number of hydrogen-bond donors (Lipinski definition) is 0. The molecule has 5 rings (SSSR count).